The summed E-state index contributed by atoms with van der Waals surface area (Å²) in [6.45, 7) is 3.91. The molecule has 1 amide bonds. The maximum Gasteiger partial charge on any atom is 0.229 e. The number of anilines is 4. The molecule has 2 aromatic rings. The van der Waals surface area contributed by atoms with Crippen molar-refractivity contribution in [3.05, 3.63) is 34.7 Å². The van der Waals surface area contributed by atoms with Crippen LogP contribution in [-0.2, 0) is 4.79 Å². The van der Waals surface area contributed by atoms with Crippen molar-refractivity contribution in [1.82, 2.24) is 15.3 Å². The van der Waals surface area contributed by atoms with Gasteiger partial charge in [0.15, 0.2) is 0 Å². The van der Waals surface area contributed by atoms with Crippen LogP contribution in [0.25, 0.3) is 0 Å². The van der Waals surface area contributed by atoms with Crippen LogP contribution in [0.15, 0.2) is 28.9 Å². The van der Waals surface area contributed by atoms with Crippen LogP contribution >= 0.6 is 15.9 Å². The van der Waals surface area contributed by atoms with E-state index < -0.39 is 5.82 Å². The first-order valence-corrected chi connectivity index (χ1v) is 10.0. The number of hydrogen-bond acceptors (Lipinski definition) is 6. The third-order valence-corrected chi connectivity index (χ3v) is 5.19. The Morgan fingerprint density at radius 1 is 1.36 bits per heavy atom. The molecule has 1 aromatic heterocycles. The van der Waals surface area contributed by atoms with E-state index in [2.05, 4.69) is 41.8 Å². The molecule has 0 bridgehead atoms. The van der Waals surface area contributed by atoms with Crippen LogP contribution in [0.5, 0.6) is 0 Å². The molecule has 28 heavy (non-hydrogen) atoms. The van der Waals surface area contributed by atoms with Gasteiger partial charge in [-0.25, -0.2) is 9.37 Å². The van der Waals surface area contributed by atoms with Crippen molar-refractivity contribution >= 4 is 45.0 Å². The summed E-state index contributed by atoms with van der Waals surface area (Å²) >= 11 is 3.45. The Bertz CT molecular complexity index is 862. The fourth-order valence-corrected chi connectivity index (χ4v) is 3.58. The standard InChI is InChI=1S/C19H24BrFN6O/c1-10(2)24-18(28)12-4-3-5-16(12)26-17-13(20)9-23-19(27-17)25-11-6-7-15(22)14(21)8-11/h6-10,12,16H,3-5,22H2,1-2H3,(H,24,28)(H2,23,25,26,27)/t12-,16+/m0/s1. The van der Waals surface area contributed by atoms with Crippen LogP contribution in [0, 0.1) is 11.7 Å². The highest BCUT2D eigenvalue weighted by atomic mass is 79.9. The van der Waals surface area contributed by atoms with Crippen molar-refractivity contribution in [2.75, 3.05) is 16.4 Å². The van der Waals surface area contributed by atoms with Crippen molar-refractivity contribution < 1.29 is 9.18 Å². The number of benzene rings is 1. The molecular weight excluding hydrogens is 427 g/mol. The van der Waals surface area contributed by atoms with E-state index in [1.54, 1.807) is 12.3 Å². The molecule has 1 aromatic carbocycles. The zero-order valence-corrected chi connectivity index (χ0v) is 17.4. The minimum atomic E-state index is -0.509. The largest absolute Gasteiger partial charge is 0.396 e. The summed E-state index contributed by atoms with van der Waals surface area (Å²) < 4.78 is 14.3. The summed E-state index contributed by atoms with van der Waals surface area (Å²) in [5.74, 6) is 0.349. The zero-order valence-electron chi connectivity index (χ0n) is 15.8. The second-order valence-electron chi connectivity index (χ2n) is 7.20. The Hall–Kier alpha value is -2.42. The van der Waals surface area contributed by atoms with Crippen molar-refractivity contribution in [2.45, 2.75) is 45.2 Å². The lowest BCUT2D eigenvalue weighted by molar-refractivity contribution is -0.125. The minimum Gasteiger partial charge on any atom is -0.396 e. The number of nitrogens with two attached hydrogens (primary N) is 1. The lowest BCUT2D eigenvalue weighted by atomic mass is 10.0. The van der Waals surface area contributed by atoms with Crippen molar-refractivity contribution in [3.63, 3.8) is 0 Å². The lowest BCUT2D eigenvalue weighted by Crippen LogP contribution is -2.41. The summed E-state index contributed by atoms with van der Waals surface area (Å²) in [6, 6.07) is 4.52. The Kier molecular flexibility index (Phi) is 6.33. The third kappa shape index (κ3) is 4.89. The first-order chi connectivity index (χ1) is 13.3. The number of carbonyl (C=O) groups excluding carboxylic acids is 1. The highest BCUT2D eigenvalue weighted by molar-refractivity contribution is 9.10. The quantitative estimate of drug-likeness (QED) is 0.498. The van der Waals surface area contributed by atoms with Crippen LogP contribution in [0.2, 0.25) is 0 Å². The van der Waals surface area contributed by atoms with E-state index >= 15 is 0 Å². The van der Waals surface area contributed by atoms with Gasteiger partial charge in [-0.3, -0.25) is 4.79 Å². The fourth-order valence-electron chi connectivity index (χ4n) is 3.28. The van der Waals surface area contributed by atoms with Gasteiger partial charge in [-0.15, -0.1) is 0 Å². The fraction of sp³-hybridized carbons (Fsp3) is 0.421. The van der Waals surface area contributed by atoms with E-state index in [1.807, 2.05) is 13.8 Å². The number of nitrogen functional groups attached to an aromatic ring is 1. The number of nitrogens with zero attached hydrogens (tertiary/aromatic N) is 2. The second kappa shape index (κ2) is 8.72. The average Bonchev–Trinajstić information content (AvgIpc) is 3.09. The van der Waals surface area contributed by atoms with Crippen LogP contribution in [-0.4, -0.2) is 28.0 Å². The monoisotopic (exact) mass is 450 g/mol. The topological polar surface area (TPSA) is 105 Å². The van der Waals surface area contributed by atoms with Gasteiger partial charge >= 0.3 is 0 Å². The van der Waals surface area contributed by atoms with Gasteiger partial charge in [-0.05, 0) is 60.8 Å². The maximum atomic E-state index is 13.6. The van der Waals surface area contributed by atoms with E-state index in [0.717, 1.165) is 19.3 Å². The highest BCUT2D eigenvalue weighted by Crippen LogP contribution is 2.31. The van der Waals surface area contributed by atoms with Crippen molar-refractivity contribution in [2.24, 2.45) is 5.92 Å². The van der Waals surface area contributed by atoms with Crippen molar-refractivity contribution in [1.29, 1.82) is 0 Å². The van der Waals surface area contributed by atoms with Gasteiger partial charge in [-0.2, -0.15) is 4.98 Å². The van der Waals surface area contributed by atoms with Crippen LogP contribution in [0.3, 0.4) is 0 Å². The molecule has 0 unspecified atom stereocenters. The molecular formula is C19H24BrFN6O. The van der Waals surface area contributed by atoms with Crippen LogP contribution in [0.1, 0.15) is 33.1 Å². The van der Waals surface area contributed by atoms with Crippen molar-refractivity contribution in [3.8, 4) is 0 Å². The normalized spacial score (nSPS) is 18.9. The number of rotatable bonds is 6. The van der Waals surface area contributed by atoms with Gasteiger partial charge in [0.05, 0.1) is 16.1 Å². The third-order valence-electron chi connectivity index (χ3n) is 4.61. The van der Waals surface area contributed by atoms with E-state index in [1.165, 1.54) is 12.1 Å². The molecule has 1 fully saturated rings. The summed E-state index contributed by atoms with van der Waals surface area (Å²) in [7, 11) is 0. The van der Waals surface area contributed by atoms with E-state index in [4.69, 9.17) is 5.73 Å². The predicted molar refractivity (Wildman–Crippen MR) is 112 cm³/mol. The van der Waals surface area contributed by atoms with Gasteiger partial charge in [0, 0.05) is 24.0 Å². The van der Waals surface area contributed by atoms with Crippen LogP contribution in [0.4, 0.5) is 27.5 Å². The molecule has 1 saturated carbocycles. The molecule has 1 heterocycles. The predicted octanol–water partition coefficient (Wildman–Crippen LogP) is 3.81. The summed E-state index contributed by atoms with van der Waals surface area (Å²) in [4.78, 5) is 21.1. The Balaban J connectivity index is 1.74. The first kappa shape index (κ1) is 20.3. The smallest absolute Gasteiger partial charge is 0.229 e. The molecule has 0 radical (unpaired) electrons. The molecule has 7 nitrogen and oxygen atoms in total. The summed E-state index contributed by atoms with van der Waals surface area (Å²) in [5, 5.41) is 9.32. The number of hydrogen-bond donors (Lipinski definition) is 4. The molecule has 0 aliphatic heterocycles. The maximum absolute atomic E-state index is 13.6. The molecule has 0 spiro atoms. The molecule has 9 heteroatoms. The van der Waals surface area contributed by atoms with Gasteiger partial charge in [0.2, 0.25) is 11.9 Å². The molecule has 3 rings (SSSR count). The Morgan fingerprint density at radius 3 is 2.86 bits per heavy atom. The number of carbonyl (C=O) groups is 1. The van der Waals surface area contributed by atoms with Gasteiger partial charge < -0.3 is 21.7 Å². The molecule has 1 aliphatic carbocycles. The second-order valence-corrected chi connectivity index (χ2v) is 8.06. The molecule has 150 valence electrons. The number of halogens is 2. The number of amides is 1. The van der Waals surface area contributed by atoms with Gasteiger partial charge in [0.25, 0.3) is 0 Å². The van der Waals surface area contributed by atoms with Gasteiger partial charge in [-0.1, -0.05) is 6.42 Å². The number of nitrogens with one attached hydrogen (secondary N) is 3. The average molecular weight is 451 g/mol. The summed E-state index contributed by atoms with van der Waals surface area (Å²) in [6.07, 6.45) is 4.32. The Labute approximate surface area is 171 Å². The van der Waals surface area contributed by atoms with E-state index in [9.17, 15) is 9.18 Å². The highest BCUT2D eigenvalue weighted by Gasteiger charge is 2.33. The lowest BCUT2D eigenvalue weighted by Gasteiger charge is -2.22. The van der Waals surface area contributed by atoms with E-state index in [0.29, 0.717) is 21.9 Å². The molecule has 2 atom stereocenters. The SMILES string of the molecule is CC(C)NC(=O)[C@H]1CCC[C@H]1Nc1nc(Nc2ccc(N)c(F)c2)ncc1Br. The molecule has 5 N–H and O–H groups in total. The zero-order chi connectivity index (χ0) is 20.3. The first-order valence-electron chi connectivity index (χ1n) is 9.25. The molecule has 0 saturated heterocycles. The summed E-state index contributed by atoms with van der Waals surface area (Å²) in [5.41, 5.74) is 6.08. The minimum absolute atomic E-state index is 0.00762. The molecule has 1 aliphatic rings. The van der Waals surface area contributed by atoms with Gasteiger partial charge in [0.1, 0.15) is 11.6 Å². The van der Waals surface area contributed by atoms with Crippen LogP contribution < -0.4 is 21.7 Å². The number of aromatic nitrogens is 2. The Morgan fingerprint density at radius 2 is 2.14 bits per heavy atom. The van der Waals surface area contributed by atoms with E-state index in [-0.39, 0.29) is 29.6 Å².